The third kappa shape index (κ3) is 4.44. The first-order valence-corrected chi connectivity index (χ1v) is 8.27. The van der Waals surface area contributed by atoms with Crippen LogP contribution in [0.15, 0.2) is 54.7 Å². The number of aromatic nitrogens is 3. The van der Waals surface area contributed by atoms with Gasteiger partial charge in [-0.1, -0.05) is 19.1 Å². The van der Waals surface area contributed by atoms with Crippen molar-refractivity contribution >= 4 is 17.5 Å². The van der Waals surface area contributed by atoms with Crippen LogP contribution in [0.1, 0.15) is 20.3 Å². The summed E-state index contributed by atoms with van der Waals surface area (Å²) in [5.74, 6) is 1.37. The molecule has 0 fully saturated rings. The van der Waals surface area contributed by atoms with Crippen molar-refractivity contribution in [3.05, 3.63) is 54.7 Å². The number of phenolic OH excluding ortho intramolecular Hbond substituents is 1. The fourth-order valence-electron chi connectivity index (χ4n) is 2.28. The molecule has 0 radical (unpaired) electrons. The largest absolute Gasteiger partial charge is 0.508 e. The fourth-order valence-corrected chi connectivity index (χ4v) is 2.28. The van der Waals surface area contributed by atoms with Gasteiger partial charge in [0.1, 0.15) is 11.6 Å². The molecule has 0 saturated heterocycles. The Morgan fingerprint density at radius 2 is 1.92 bits per heavy atom. The van der Waals surface area contributed by atoms with E-state index in [1.165, 1.54) is 0 Å². The third-order valence-corrected chi connectivity index (χ3v) is 3.76. The van der Waals surface area contributed by atoms with Crippen molar-refractivity contribution in [2.75, 3.05) is 10.6 Å². The number of rotatable bonds is 6. The zero-order valence-electron chi connectivity index (χ0n) is 14.3. The Kier molecular flexibility index (Phi) is 5.09. The standard InChI is InChI=1S/C19H21N5O/c1-3-13(2)21-19-23-17(16-9-4-5-10-20-16)12-18(24-19)22-14-7-6-8-15(25)11-14/h4-13,25H,3H2,1-2H3,(H2,21,22,23,24)/t13-/m1/s1. The van der Waals surface area contributed by atoms with Crippen LogP contribution in [0.2, 0.25) is 0 Å². The number of nitrogens with one attached hydrogen (secondary N) is 2. The van der Waals surface area contributed by atoms with Crippen molar-refractivity contribution in [3.8, 4) is 17.1 Å². The van der Waals surface area contributed by atoms with Crippen molar-refractivity contribution in [1.82, 2.24) is 15.0 Å². The average molecular weight is 335 g/mol. The van der Waals surface area contributed by atoms with Gasteiger partial charge in [0, 0.05) is 30.1 Å². The highest BCUT2D eigenvalue weighted by Crippen LogP contribution is 2.24. The third-order valence-electron chi connectivity index (χ3n) is 3.76. The molecular formula is C19H21N5O. The van der Waals surface area contributed by atoms with E-state index in [0.29, 0.717) is 11.8 Å². The van der Waals surface area contributed by atoms with E-state index in [-0.39, 0.29) is 11.8 Å². The molecule has 3 N–H and O–H groups in total. The second-order valence-electron chi connectivity index (χ2n) is 5.81. The predicted molar refractivity (Wildman–Crippen MR) is 100 cm³/mol. The lowest BCUT2D eigenvalue weighted by Gasteiger charge is -2.14. The summed E-state index contributed by atoms with van der Waals surface area (Å²) < 4.78 is 0. The summed E-state index contributed by atoms with van der Waals surface area (Å²) in [5.41, 5.74) is 2.25. The smallest absolute Gasteiger partial charge is 0.225 e. The fraction of sp³-hybridized carbons (Fsp3) is 0.211. The summed E-state index contributed by atoms with van der Waals surface area (Å²) in [6.45, 7) is 4.19. The average Bonchev–Trinajstić information content (AvgIpc) is 2.62. The van der Waals surface area contributed by atoms with Gasteiger partial charge in [-0.15, -0.1) is 0 Å². The first-order chi connectivity index (χ1) is 12.1. The number of hydrogen-bond acceptors (Lipinski definition) is 6. The van der Waals surface area contributed by atoms with E-state index in [2.05, 4.69) is 39.4 Å². The van der Waals surface area contributed by atoms with Crippen molar-refractivity contribution in [2.45, 2.75) is 26.3 Å². The van der Waals surface area contributed by atoms with Gasteiger partial charge >= 0.3 is 0 Å². The first kappa shape index (κ1) is 16.7. The summed E-state index contributed by atoms with van der Waals surface area (Å²) in [6.07, 6.45) is 2.70. The molecule has 0 aliphatic carbocycles. The summed E-state index contributed by atoms with van der Waals surface area (Å²) in [7, 11) is 0. The number of phenols is 1. The van der Waals surface area contributed by atoms with E-state index in [1.807, 2.05) is 30.3 Å². The van der Waals surface area contributed by atoms with Gasteiger partial charge in [-0.05, 0) is 37.6 Å². The van der Waals surface area contributed by atoms with Crippen LogP contribution in [0.5, 0.6) is 5.75 Å². The lowest BCUT2D eigenvalue weighted by atomic mass is 10.2. The number of pyridine rings is 1. The highest BCUT2D eigenvalue weighted by atomic mass is 16.3. The molecule has 0 spiro atoms. The Hall–Kier alpha value is -3.15. The second-order valence-corrected chi connectivity index (χ2v) is 5.81. The minimum Gasteiger partial charge on any atom is -0.508 e. The Balaban J connectivity index is 1.97. The Bertz CT molecular complexity index is 838. The van der Waals surface area contributed by atoms with Crippen LogP contribution < -0.4 is 10.6 Å². The van der Waals surface area contributed by atoms with E-state index in [1.54, 1.807) is 24.4 Å². The van der Waals surface area contributed by atoms with Crippen molar-refractivity contribution < 1.29 is 5.11 Å². The molecule has 0 aliphatic rings. The summed E-state index contributed by atoms with van der Waals surface area (Å²) >= 11 is 0. The monoisotopic (exact) mass is 335 g/mol. The highest BCUT2D eigenvalue weighted by Gasteiger charge is 2.10. The number of benzene rings is 1. The molecule has 0 amide bonds. The maximum absolute atomic E-state index is 9.63. The molecule has 3 rings (SSSR count). The topological polar surface area (TPSA) is 83.0 Å². The maximum Gasteiger partial charge on any atom is 0.225 e. The molecule has 0 bridgehead atoms. The van der Waals surface area contributed by atoms with E-state index in [9.17, 15) is 5.11 Å². The van der Waals surface area contributed by atoms with Gasteiger partial charge in [-0.2, -0.15) is 4.98 Å². The normalized spacial score (nSPS) is 11.8. The number of nitrogens with zero attached hydrogens (tertiary/aromatic N) is 3. The van der Waals surface area contributed by atoms with Crippen molar-refractivity contribution in [1.29, 1.82) is 0 Å². The number of anilines is 3. The Labute approximate surface area is 147 Å². The van der Waals surface area contributed by atoms with E-state index in [4.69, 9.17) is 0 Å². The van der Waals surface area contributed by atoms with Gasteiger partial charge in [-0.25, -0.2) is 4.98 Å². The Morgan fingerprint density at radius 3 is 2.64 bits per heavy atom. The SMILES string of the molecule is CC[C@@H](C)Nc1nc(Nc2cccc(O)c2)cc(-c2ccccn2)n1. The van der Waals surface area contributed by atoms with Gasteiger partial charge in [0.05, 0.1) is 11.4 Å². The molecule has 0 unspecified atom stereocenters. The van der Waals surface area contributed by atoms with Gasteiger partial charge in [0.2, 0.25) is 5.95 Å². The van der Waals surface area contributed by atoms with Crippen LogP contribution >= 0.6 is 0 Å². The molecule has 2 aromatic heterocycles. The van der Waals surface area contributed by atoms with Gasteiger partial charge in [0.15, 0.2) is 0 Å². The number of aromatic hydroxyl groups is 1. The zero-order valence-corrected chi connectivity index (χ0v) is 14.3. The van der Waals surface area contributed by atoms with Gasteiger partial charge in [-0.3, -0.25) is 4.98 Å². The van der Waals surface area contributed by atoms with E-state index in [0.717, 1.165) is 23.5 Å². The van der Waals surface area contributed by atoms with E-state index >= 15 is 0 Å². The molecule has 1 atom stereocenters. The molecule has 6 heteroatoms. The van der Waals surface area contributed by atoms with Gasteiger partial charge in [0.25, 0.3) is 0 Å². The lowest BCUT2D eigenvalue weighted by molar-refractivity contribution is 0.475. The molecule has 1 aromatic carbocycles. The quantitative estimate of drug-likeness (QED) is 0.626. The Morgan fingerprint density at radius 1 is 1.04 bits per heavy atom. The maximum atomic E-state index is 9.63. The summed E-state index contributed by atoms with van der Waals surface area (Å²) in [5, 5.41) is 16.1. The van der Waals surface area contributed by atoms with Gasteiger partial charge < -0.3 is 15.7 Å². The molecule has 128 valence electrons. The minimum absolute atomic E-state index is 0.196. The van der Waals surface area contributed by atoms with Crippen LogP contribution in [-0.4, -0.2) is 26.1 Å². The first-order valence-electron chi connectivity index (χ1n) is 8.27. The number of hydrogen-bond donors (Lipinski definition) is 3. The zero-order chi connectivity index (χ0) is 17.6. The lowest BCUT2D eigenvalue weighted by Crippen LogP contribution is -2.16. The van der Waals surface area contributed by atoms with Crippen LogP contribution in [0.4, 0.5) is 17.5 Å². The molecule has 2 heterocycles. The van der Waals surface area contributed by atoms with Crippen LogP contribution in [-0.2, 0) is 0 Å². The summed E-state index contributed by atoms with van der Waals surface area (Å²) in [4.78, 5) is 13.5. The molecule has 25 heavy (non-hydrogen) atoms. The van der Waals surface area contributed by atoms with Crippen molar-refractivity contribution in [3.63, 3.8) is 0 Å². The predicted octanol–water partition coefficient (Wildman–Crippen LogP) is 4.20. The van der Waals surface area contributed by atoms with Crippen molar-refractivity contribution in [2.24, 2.45) is 0 Å². The summed E-state index contributed by atoms with van der Waals surface area (Å²) in [6, 6.07) is 14.7. The van der Waals surface area contributed by atoms with Crippen LogP contribution in [0.3, 0.4) is 0 Å². The molecular weight excluding hydrogens is 314 g/mol. The van der Waals surface area contributed by atoms with E-state index < -0.39 is 0 Å². The molecule has 0 saturated carbocycles. The molecule has 6 nitrogen and oxygen atoms in total. The molecule has 0 aliphatic heterocycles. The van der Waals surface area contributed by atoms with Crippen LogP contribution in [0, 0.1) is 0 Å². The molecule has 3 aromatic rings. The minimum atomic E-state index is 0.196. The second kappa shape index (κ2) is 7.61. The highest BCUT2D eigenvalue weighted by molar-refractivity contribution is 5.65. The van der Waals surface area contributed by atoms with Crippen LogP contribution in [0.25, 0.3) is 11.4 Å².